The van der Waals surface area contributed by atoms with Crippen molar-refractivity contribution in [3.63, 3.8) is 0 Å². The predicted octanol–water partition coefficient (Wildman–Crippen LogP) is 1.46. The first kappa shape index (κ1) is 13.1. The molecular weight excluding hydrogens is 221 g/mol. The van der Waals surface area contributed by atoms with Gasteiger partial charge in [-0.3, -0.25) is 4.99 Å². The van der Waals surface area contributed by atoms with E-state index in [0.29, 0.717) is 0 Å². The normalized spacial score (nSPS) is 13.3. The van der Waals surface area contributed by atoms with Crippen molar-refractivity contribution < 1.29 is 0 Å². The highest BCUT2D eigenvalue weighted by Gasteiger charge is 2.06. The van der Waals surface area contributed by atoms with Crippen LogP contribution in [0.4, 0.5) is 5.69 Å². The lowest BCUT2D eigenvalue weighted by atomic mass is 10.2. The molecule has 0 unspecified atom stereocenters. The Balaban J connectivity index is 0.000000845. The van der Waals surface area contributed by atoms with Crippen molar-refractivity contribution in [2.75, 3.05) is 18.8 Å². The zero-order valence-electron chi connectivity index (χ0n) is 7.56. The number of nitrogens with zero attached hydrogens (tertiary/aromatic N) is 1. The maximum absolute atomic E-state index is 5.57. The van der Waals surface area contributed by atoms with E-state index < -0.39 is 0 Å². The van der Waals surface area contributed by atoms with Gasteiger partial charge in [-0.2, -0.15) is 0 Å². The number of hydrogen-bond acceptors (Lipinski definition) is 3. The van der Waals surface area contributed by atoms with Crippen LogP contribution in [0.15, 0.2) is 29.3 Å². The van der Waals surface area contributed by atoms with E-state index in [2.05, 4.69) is 10.3 Å². The van der Waals surface area contributed by atoms with Crippen molar-refractivity contribution in [3.05, 3.63) is 29.8 Å². The van der Waals surface area contributed by atoms with Crippen LogP contribution in [0.2, 0.25) is 0 Å². The number of benzene rings is 1. The second-order valence-electron chi connectivity index (χ2n) is 2.78. The van der Waals surface area contributed by atoms with Crippen LogP contribution in [0.3, 0.4) is 0 Å². The molecule has 0 fully saturated rings. The van der Waals surface area contributed by atoms with Gasteiger partial charge in [-0.05, 0) is 24.3 Å². The van der Waals surface area contributed by atoms with Gasteiger partial charge < -0.3 is 11.1 Å². The Morgan fingerprint density at radius 1 is 1.14 bits per heavy atom. The summed E-state index contributed by atoms with van der Waals surface area (Å²) in [6.45, 7) is 1.82. The quantitative estimate of drug-likeness (QED) is 0.723. The number of halogens is 2. The molecule has 0 radical (unpaired) electrons. The maximum Gasteiger partial charge on any atom is 0.128 e. The molecule has 0 saturated heterocycles. The van der Waals surface area contributed by atoms with Crippen LogP contribution >= 0.6 is 24.8 Å². The molecule has 5 heteroatoms. The predicted molar refractivity (Wildman–Crippen MR) is 64.8 cm³/mol. The zero-order chi connectivity index (χ0) is 8.39. The minimum Gasteiger partial charge on any atom is -0.399 e. The van der Waals surface area contributed by atoms with Gasteiger partial charge in [0.2, 0.25) is 0 Å². The van der Waals surface area contributed by atoms with Crippen molar-refractivity contribution in [1.82, 2.24) is 5.32 Å². The summed E-state index contributed by atoms with van der Waals surface area (Å²) in [6.07, 6.45) is 0. The average Bonchev–Trinajstić information content (AvgIpc) is 2.58. The first-order chi connectivity index (χ1) is 5.86. The molecule has 2 rings (SSSR count). The van der Waals surface area contributed by atoms with Crippen LogP contribution < -0.4 is 11.1 Å². The van der Waals surface area contributed by atoms with Crippen LogP contribution in [-0.4, -0.2) is 18.9 Å². The first-order valence-electron chi connectivity index (χ1n) is 4.00. The zero-order valence-corrected chi connectivity index (χ0v) is 9.20. The minimum atomic E-state index is 0. The highest BCUT2D eigenvalue weighted by Crippen LogP contribution is 2.07. The van der Waals surface area contributed by atoms with Crippen LogP contribution in [0.25, 0.3) is 0 Å². The van der Waals surface area contributed by atoms with Gasteiger partial charge in [0.05, 0.1) is 6.54 Å². The van der Waals surface area contributed by atoms with Crippen molar-refractivity contribution in [2.24, 2.45) is 4.99 Å². The Kier molecular flexibility index (Phi) is 5.35. The van der Waals surface area contributed by atoms with E-state index in [1.807, 2.05) is 24.3 Å². The van der Waals surface area contributed by atoms with Crippen molar-refractivity contribution in [3.8, 4) is 0 Å². The number of hydrogen-bond donors (Lipinski definition) is 2. The number of amidine groups is 1. The van der Waals surface area contributed by atoms with E-state index in [-0.39, 0.29) is 24.8 Å². The summed E-state index contributed by atoms with van der Waals surface area (Å²) >= 11 is 0. The fraction of sp³-hybridized carbons (Fsp3) is 0.222. The van der Waals surface area contributed by atoms with Gasteiger partial charge in [-0.25, -0.2) is 0 Å². The number of nitrogen functional groups attached to an aromatic ring is 1. The summed E-state index contributed by atoms with van der Waals surface area (Å²) in [4.78, 5) is 4.30. The van der Waals surface area contributed by atoms with Gasteiger partial charge in [0.15, 0.2) is 0 Å². The Labute approximate surface area is 95.6 Å². The highest BCUT2D eigenvalue weighted by molar-refractivity contribution is 5.99. The molecule has 0 atom stereocenters. The molecule has 1 aliphatic heterocycles. The van der Waals surface area contributed by atoms with E-state index in [1.54, 1.807) is 0 Å². The molecule has 1 aromatic rings. The van der Waals surface area contributed by atoms with Gasteiger partial charge >= 0.3 is 0 Å². The fourth-order valence-corrected chi connectivity index (χ4v) is 1.23. The number of nitrogens with one attached hydrogen (secondary N) is 1. The molecule has 3 N–H and O–H groups in total. The van der Waals surface area contributed by atoms with Gasteiger partial charge in [0.1, 0.15) is 5.84 Å². The molecule has 0 aliphatic carbocycles. The molecule has 0 bridgehead atoms. The Bertz CT molecular complexity index is 308. The lowest BCUT2D eigenvalue weighted by Gasteiger charge is -2.01. The number of anilines is 1. The third-order valence-electron chi connectivity index (χ3n) is 1.86. The largest absolute Gasteiger partial charge is 0.399 e. The first-order valence-corrected chi connectivity index (χ1v) is 4.00. The van der Waals surface area contributed by atoms with Gasteiger partial charge in [0.25, 0.3) is 0 Å². The monoisotopic (exact) mass is 233 g/mol. The molecular formula is C9H13Cl2N3. The van der Waals surface area contributed by atoms with Crippen LogP contribution in [-0.2, 0) is 0 Å². The molecule has 1 aromatic carbocycles. The van der Waals surface area contributed by atoms with Crippen molar-refractivity contribution in [2.45, 2.75) is 0 Å². The van der Waals surface area contributed by atoms with E-state index in [4.69, 9.17) is 5.73 Å². The number of aliphatic imine (C=N–C) groups is 1. The molecule has 0 aromatic heterocycles. The molecule has 78 valence electrons. The average molecular weight is 234 g/mol. The molecule has 0 saturated carbocycles. The molecule has 0 amide bonds. The summed E-state index contributed by atoms with van der Waals surface area (Å²) in [5.74, 6) is 0.981. The summed E-state index contributed by atoms with van der Waals surface area (Å²) in [6, 6.07) is 7.73. The molecule has 0 spiro atoms. The van der Waals surface area contributed by atoms with Gasteiger partial charge in [-0.15, -0.1) is 24.8 Å². The van der Waals surface area contributed by atoms with Gasteiger partial charge in [0, 0.05) is 17.8 Å². The minimum absolute atomic E-state index is 0. The topological polar surface area (TPSA) is 50.4 Å². The number of nitrogens with two attached hydrogens (primary N) is 1. The Morgan fingerprint density at radius 3 is 2.29 bits per heavy atom. The third-order valence-corrected chi connectivity index (χ3v) is 1.86. The second kappa shape index (κ2) is 5.73. The molecule has 3 nitrogen and oxygen atoms in total. The molecule has 1 aliphatic rings. The van der Waals surface area contributed by atoms with Crippen LogP contribution in [0.1, 0.15) is 5.56 Å². The second-order valence-corrected chi connectivity index (χ2v) is 2.78. The van der Waals surface area contributed by atoms with E-state index >= 15 is 0 Å². The Hall–Kier alpha value is -0.930. The van der Waals surface area contributed by atoms with Crippen molar-refractivity contribution in [1.29, 1.82) is 0 Å². The fourth-order valence-electron chi connectivity index (χ4n) is 1.23. The van der Waals surface area contributed by atoms with Gasteiger partial charge in [-0.1, -0.05) is 0 Å². The molecule has 1 heterocycles. The smallest absolute Gasteiger partial charge is 0.128 e. The van der Waals surface area contributed by atoms with E-state index in [1.165, 1.54) is 0 Å². The Morgan fingerprint density at radius 2 is 1.79 bits per heavy atom. The third kappa shape index (κ3) is 2.79. The van der Waals surface area contributed by atoms with Crippen LogP contribution in [0.5, 0.6) is 0 Å². The molecule has 14 heavy (non-hydrogen) atoms. The standard InChI is InChI=1S/C9H11N3.2ClH/c10-8-3-1-7(2-4-8)9-11-5-6-12-9;;/h1-4H,5-6,10H2,(H,11,12);2*1H. The van der Waals surface area contributed by atoms with Crippen LogP contribution in [0, 0.1) is 0 Å². The summed E-state index contributed by atoms with van der Waals surface area (Å²) in [7, 11) is 0. The summed E-state index contributed by atoms with van der Waals surface area (Å²) < 4.78 is 0. The maximum atomic E-state index is 5.57. The van der Waals surface area contributed by atoms with E-state index in [0.717, 1.165) is 30.2 Å². The van der Waals surface area contributed by atoms with E-state index in [9.17, 15) is 0 Å². The SMILES string of the molecule is Cl.Cl.Nc1ccc(C2=NCCN2)cc1. The van der Waals surface area contributed by atoms with Crippen molar-refractivity contribution >= 4 is 36.3 Å². The lowest BCUT2D eigenvalue weighted by molar-refractivity contribution is 0.960. The summed E-state index contributed by atoms with van der Waals surface area (Å²) in [5.41, 5.74) is 7.47. The number of rotatable bonds is 1. The summed E-state index contributed by atoms with van der Waals surface area (Å²) in [5, 5.41) is 3.20. The lowest BCUT2D eigenvalue weighted by Crippen LogP contribution is -2.19. The highest BCUT2D eigenvalue weighted by atomic mass is 35.5.